The maximum atomic E-state index is 12.9. The topological polar surface area (TPSA) is 91.1 Å². The van der Waals surface area contributed by atoms with E-state index in [1.165, 1.54) is 18.2 Å². The first-order valence-electron chi connectivity index (χ1n) is 9.17. The van der Waals surface area contributed by atoms with E-state index in [4.69, 9.17) is 14.2 Å². The van der Waals surface area contributed by atoms with Crippen LogP contribution in [0.2, 0.25) is 0 Å². The van der Waals surface area contributed by atoms with Crippen LogP contribution < -0.4 is 9.47 Å². The lowest BCUT2D eigenvalue weighted by atomic mass is 10.00. The molecule has 0 radical (unpaired) electrons. The number of ether oxygens (including phenoxy) is 3. The number of fused-ring (bicyclic) bond motifs is 2. The van der Waals surface area contributed by atoms with Crippen molar-refractivity contribution in [1.82, 2.24) is 4.90 Å². The van der Waals surface area contributed by atoms with Gasteiger partial charge in [-0.15, -0.1) is 0 Å². The molecular formula is C21H20N2O6. The fraction of sp³-hybridized carbons (Fsp3) is 0.286. The van der Waals surface area contributed by atoms with Gasteiger partial charge in [0.15, 0.2) is 5.76 Å². The molecule has 8 heteroatoms. The van der Waals surface area contributed by atoms with Crippen LogP contribution in [0.4, 0.5) is 5.69 Å². The summed E-state index contributed by atoms with van der Waals surface area (Å²) in [7, 11) is 1.65. The van der Waals surface area contributed by atoms with E-state index in [-0.39, 0.29) is 17.2 Å². The molecule has 4 rings (SSSR count). The van der Waals surface area contributed by atoms with Gasteiger partial charge in [-0.05, 0) is 24.6 Å². The Hall–Kier alpha value is -3.23. The Morgan fingerprint density at radius 3 is 2.90 bits per heavy atom. The molecular weight excluding hydrogens is 376 g/mol. The normalized spacial score (nSPS) is 16.9. The zero-order chi connectivity index (χ0) is 20.5. The predicted octanol–water partition coefficient (Wildman–Crippen LogP) is 3.32. The molecule has 0 aliphatic carbocycles. The molecule has 2 aromatic carbocycles. The van der Waals surface area contributed by atoms with Crippen LogP contribution in [0.5, 0.6) is 11.5 Å². The number of carbonyl (C=O) groups is 1. The number of benzene rings is 2. The minimum Gasteiger partial charge on any atom is -0.477 e. The molecule has 150 valence electrons. The number of rotatable bonds is 5. The molecule has 0 saturated carbocycles. The van der Waals surface area contributed by atoms with Crippen molar-refractivity contribution in [2.45, 2.75) is 13.5 Å². The van der Waals surface area contributed by atoms with Gasteiger partial charge >= 0.3 is 0 Å². The van der Waals surface area contributed by atoms with Crippen LogP contribution in [0.3, 0.4) is 0 Å². The summed E-state index contributed by atoms with van der Waals surface area (Å²) in [5.41, 5.74) is 2.67. The van der Waals surface area contributed by atoms with E-state index in [9.17, 15) is 14.9 Å². The van der Waals surface area contributed by atoms with Gasteiger partial charge in [0.25, 0.3) is 5.69 Å². The van der Waals surface area contributed by atoms with Gasteiger partial charge < -0.3 is 14.2 Å². The Morgan fingerprint density at radius 2 is 2.14 bits per heavy atom. The first kappa shape index (κ1) is 19.1. The van der Waals surface area contributed by atoms with Gasteiger partial charge in [0.1, 0.15) is 18.2 Å². The summed E-state index contributed by atoms with van der Waals surface area (Å²) in [6, 6.07) is 7.88. The van der Waals surface area contributed by atoms with E-state index in [2.05, 4.69) is 4.90 Å². The number of Topliss-reactive ketones (excluding diaryl/α,β-unsaturated/α-hetero) is 1. The standard InChI is InChI=1S/C21H20N2O6/c1-13-20-15(11-22(12-28-20)6-7-27-2)10-17-19(24)18(29-21(13)17)9-14-4-3-5-16(8-14)23(25)26/h3-5,8-10H,6-7,11-12H2,1-2H3/b18-9-. The molecule has 0 saturated heterocycles. The van der Waals surface area contributed by atoms with Gasteiger partial charge in [0, 0.05) is 43.5 Å². The van der Waals surface area contributed by atoms with E-state index in [1.54, 1.807) is 19.2 Å². The zero-order valence-corrected chi connectivity index (χ0v) is 16.1. The molecule has 2 aromatic rings. The minimum atomic E-state index is -0.473. The van der Waals surface area contributed by atoms with E-state index >= 15 is 0 Å². The van der Waals surface area contributed by atoms with E-state index in [0.29, 0.717) is 36.8 Å². The van der Waals surface area contributed by atoms with Crippen LogP contribution in [-0.2, 0) is 11.3 Å². The Bertz CT molecular complexity index is 1030. The van der Waals surface area contributed by atoms with Crippen LogP contribution in [-0.4, -0.2) is 42.6 Å². The van der Waals surface area contributed by atoms with Gasteiger partial charge in [-0.1, -0.05) is 12.1 Å². The van der Waals surface area contributed by atoms with Crippen LogP contribution in [0.1, 0.15) is 27.0 Å². The molecule has 0 amide bonds. The molecule has 0 aromatic heterocycles. The van der Waals surface area contributed by atoms with Crippen molar-refractivity contribution in [3.63, 3.8) is 0 Å². The first-order chi connectivity index (χ1) is 14.0. The van der Waals surface area contributed by atoms with E-state index in [1.807, 2.05) is 13.0 Å². The quantitative estimate of drug-likeness (QED) is 0.435. The number of methoxy groups -OCH3 is 1. The highest BCUT2D eigenvalue weighted by Crippen LogP contribution is 2.43. The molecule has 0 bridgehead atoms. The molecule has 2 aliphatic heterocycles. The Labute approximate surface area is 167 Å². The number of allylic oxidation sites excluding steroid dienone is 1. The van der Waals surface area contributed by atoms with Gasteiger partial charge in [-0.2, -0.15) is 0 Å². The molecule has 2 heterocycles. The summed E-state index contributed by atoms with van der Waals surface area (Å²) >= 11 is 0. The van der Waals surface area contributed by atoms with Gasteiger partial charge in [0.05, 0.1) is 17.1 Å². The monoisotopic (exact) mass is 396 g/mol. The Kier molecular flexibility index (Phi) is 5.04. The molecule has 2 aliphatic rings. The van der Waals surface area contributed by atoms with E-state index < -0.39 is 4.92 Å². The maximum absolute atomic E-state index is 12.9. The molecule has 0 unspecified atom stereocenters. The van der Waals surface area contributed by atoms with Crippen molar-refractivity contribution >= 4 is 17.5 Å². The summed E-state index contributed by atoms with van der Waals surface area (Å²) in [6.07, 6.45) is 1.53. The SMILES string of the molecule is COCCN1COc2c(cc3c(c2C)O/C(=C\c2cccc([N+](=O)[O-])c2)C3=O)C1. The number of ketones is 1. The van der Waals surface area contributed by atoms with Crippen molar-refractivity contribution in [3.8, 4) is 11.5 Å². The first-order valence-corrected chi connectivity index (χ1v) is 9.17. The van der Waals surface area contributed by atoms with Crippen molar-refractivity contribution in [2.75, 3.05) is 27.0 Å². The second-order valence-corrected chi connectivity index (χ2v) is 6.98. The summed E-state index contributed by atoms with van der Waals surface area (Å²) in [5, 5.41) is 11.0. The minimum absolute atomic E-state index is 0.0431. The summed E-state index contributed by atoms with van der Waals surface area (Å²) in [6.45, 7) is 4.30. The molecule has 0 atom stereocenters. The number of nitro benzene ring substituents is 1. The average molecular weight is 396 g/mol. The number of hydrogen-bond acceptors (Lipinski definition) is 7. The third kappa shape index (κ3) is 3.59. The van der Waals surface area contributed by atoms with Crippen LogP contribution >= 0.6 is 0 Å². The van der Waals surface area contributed by atoms with Gasteiger partial charge in [-0.3, -0.25) is 19.8 Å². The smallest absolute Gasteiger partial charge is 0.270 e. The second kappa shape index (κ2) is 7.65. The summed E-state index contributed by atoms with van der Waals surface area (Å²) < 4.78 is 16.9. The van der Waals surface area contributed by atoms with Gasteiger partial charge in [0.2, 0.25) is 5.78 Å². The second-order valence-electron chi connectivity index (χ2n) is 6.98. The molecule has 0 N–H and O–H groups in total. The predicted molar refractivity (Wildman–Crippen MR) is 105 cm³/mol. The lowest BCUT2D eigenvalue weighted by Crippen LogP contribution is -2.34. The van der Waals surface area contributed by atoms with Crippen LogP contribution in [0.25, 0.3) is 6.08 Å². The fourth-order valence-corrected chi connectivity index (χ4v) is 3.54. The molecule has 0 fully saturated rings. The summed E-state index contributed by atoms with van der Waals surface area (Å²) in [4.78, 5) is 25.5. The van der Waals surface area contributed by atoms with Crippen LogP contribution in [0, 0.1) is 17.0 Å². The number of non-ortho nitro benzene ring substituents is 1. The Balaban J connectivity index is 1.65. The van der Waals surface area contributed by atoms with Gasteiger partial charge in [-0.25, -0.2) is 0 Å². The third-order valence-electron chi connectivity index (χ3n) is 4.99. The highest BCUT2D eigenvalue weighted by Gasteiger charge is 2.33. The highest BCUT2D eigenvalue weighted by atomic mass is 16.6. The maximum Gasteiger partial charge on any atom is 0.270 e. The van der Waals surface area contributed by atoms with Crippen LogP contribution in [0.15, 0.2) is 36.1 Å². The fourth-order valence-electron chi connectivity index (χ4n) is 3.54. The molecule has 8 nitrogen and oxygen atoms in total. The molecule has 0 spiro atoms. The lowest BCUT2D eigenvalue weighted by Gasteiger charge is -2.30. The number of hydrogen-bond donors (Lipinski definition) is 0. The average Bonchev–Trinajstić information content (AvgIpc) is 3.02. The largest absolute Gasteiger partial charge is 0.477 e. The van der Waals surface area contributed by atoms with E-state index in [0.717, 1.165) is 23.4 Å². The highest BCUT2D eigenvalue weighted by molar-refractivity contribution is 6.15. The Morgan fingerprint density at radius 1 is 1.31 bits per heavy atom. The number of nitro groups is 1. The van der Waals surface area contributed by atoms with Crippen molar-refractivity contribution in [3.05, 3.63) is 68.5 Å². The zero-order valence-electron chi connectivity index (χ0n) is 16.1. The number of nitrogens with zero attached hydrogens (tertiary/aromatic N) is 2. The summed E-state index contributed by atoms with van der Waals surface area (Å²) in [5.74, 6) is 1.12. The van der Waals surface area contributed by atoms with Crippen molar-refractivity contribution < 1.29 is 23.9 Å². The van der Waals surface area contributed by atoms with Crippen molar-refractivity contribution in [1.29, 1.82) is 0 Å². The van der Waals surface area contributed by atoms with Crippen molar-refractivity contribution in [2.24, 2.45) is 0 Å². The lowest BCUT2D eigenvalue weighted by molar-refractivity contribution is -0.384. The third-order valence-corrected chi connectivity index (χ3v) is 4.99. The number of carbonyl (C=O) groups excluding carboxylic acids is 1. The molecule has 29 heavy (non-hydrogen) atoms.